The lowest BCUT2D eigenvalue weighted by Crippen LogP contribution is -1.98. The van der Waals surface area contributed by atoms with Crippen molar-refractivity contribution in [1.29, 1.82) is 0 Å². The van der Waals surface area contributed by atoms with Gasteiger partial charge in [0.15, 0.2) is 5.82 Å². The Hall–Kier alpha value is -3.46. The molecule has 0 unspecified atom stereocenters. The number of pyridine rings is 2. The minimum atomic E-state index is 0.494. The van der Waals surface area contributed by atoms with Crippen LogP contribution in [0.3, 0.4) is 0 Å². The quantitative estimate of drug-likeness (QED) is 0.424. The maximum absolute atomic E-state index is 6.18. The topological polar surface area (TPSA) is 51.8 Å². The number of aryl methyl sites for hydroxylation is 3. The van der Waals surface area contributed by atoms with Gasteiger partial charge in [-0.25, -0.2) is 4.98 Å². The molecule has 0 saturated carbocycles. The van der Waals surface area contributed by atoms with E-state index >= 15 is 0 Å². The van der Waals surface area contributed by atoms with Crippen LogP contribution in [0.4, 0.5) is 5.82 Å². The van der Waals surface area contributed by atoms with E-state index in [1.165, 1.54) is 27.5 Å². The summed E-state index contributed by atoms with van der Waals surface area (Å²) in [4.78, 5) is 9.18. The summed E-state index contributed by atoms with van der Waals surface area (Å²) < 4.78 is 0. The summed E-state index contributed by atoms with van der Waals surface area (Å²) in [6.07, 6.45) is 3.85. The monoisotopic (exact) mass is 363 g/mol. The fraction of sp³-hybridized carbons (Fsp3) is 0.120. The van der Waals surface area contributed by atoms with Crippen molar-refractivity contribution in [2.45, 2.75) is 19.8 Å². The summed E-state index contributed by atoms with van der Waals surface area (Å²) in [5.74, 6) is 0.494. The highest BCUT2D eigenvalue weighted by molar-refractivity contribution is 6.08. The smallest absolute Gasteiger partial charge is 0.150 e. The molecule has 28 heavy (non-hydrogen) atoms. The van der Waals surface area contributed by atoms with Gasteiger partial charge in [0.1, 0.15) is 5.52 Å². The van der Waals surface area contributed by atoms with Gasteiger partial charge in [-0.2, -0.15) is 0 Å². The maximum atomic E-state index is 6.18. The molecule has 5 aromatic rings. The second-order valence-corrected chi connectivity index (χ2v) is 7.40. The fourth-order valence-corrected chi connectivity index (χ4v) is 3.99. The van der Waals surface area contributed by atoms with Gasteiger partial charge in [-0.1, -0.05) is 54.6 Å². The fourth-order valence-electron chi connectivity index (χ4n) is 3.99. The van der Waals surface area contributed by atoms with E-state index in [9.17, 15) is 0 Å². The molecule has 3 nitrogen and oxygen atoms in total. The molecular weight excluding hydrogens is 342 g/mol. The average Bonchev–Trinajstić information content (AvgIpc) is 2.72. The zero-order chi connectivity index (χ0) is 19.1. The molecule has 2 N–H and O–H groups in total. The summed E-state index contributed by atoms with van der Waals surface area (Å²) in [5, 5.41) is 4.80. The Labute approximate surface area is 163 Å². The second kappa shape index (κ2) is 6.61. The predicted octanol–water partition coefficient (Wildman–Crippen LogP) is 5.61. The number of nitrogen functional groups attached to an aromatic ring is 1. The Morgan fingerprint density at radius 2 is 1.68 bits per heavy atom. The van der Waals surface area contributed by atoms with Crippen LogP contribution in [0.1, 0.15) is 16.7 Å². The molecule has 5 rings (SSSR count). The summed E-state index contributed by atoms with van der Waals surface area (Å²) in [6, 6.07) is 23.6. The molecule has 0 aliphatic carbocycles. The SMILES string of the molecule is Cc1ccc2c(c1)nc(N)c1ncc(CCc3cccc4ccccc34)cc12. The van der Waals surface area contributed by atoms with Crippen molar-refractivity contribution < 1.29 is 0 Å². The first-order chi connectivity index (χ1) is 13.7. The number of benzene rings is 3. The highest BCUT2D eigenvalue weighted by Gasteiger charge is 2.09. The lowest BCUT2D eigenvalue weighted by molar-refractivity contribution is 0.963. The zero-order valence-corrected chi connectivity index (χ0v) is 15.8. The number of rotatable bonds is 3. The van der Waals surface area contributed by atoms with Gasteiger partial charge in [-0.15, -0.1) is 0 Å². The minimum Gasteiger partial charge on any atom is -0.382 e. The third-order valence-electron chi connectivity index (χ3n) is 5.43. The molecule has 0 aliphatic rings. The normalized spacial score (nSPS) is 11.5. The van der Waals surface area contributed by atoms with E-state index in [0.717, 1.165) is 34.6 Å². The Morgan fingerprint density at radius 1 is 0.821 bits per heavy atom. The van der Waals surface area contributed by atoms with Crippen LogP contribution in [0.5, 0.6) is 0 Å². The van der Waals surface area contributed by atoms with Crippen LogP contribution < -0.4 is 5.73 Å². The molecule has 0 fully saturated rings. The van der Waals surface area contributed by atoms with Crippen LogP contribution in [0.15, 0.2) is 72.9 Å². The van der Waals surface area contributed by atoms with Crippen molar-refractivity contribution in [1.82, 2.24) is 9.97 Å². The minimum absolute atomic E-state index is 0.494. The van der Waals surface area contributed by atoms with Gasteiger partial charge in [-0.3, -0.25) is 4.98 Å². The van der Waals surface area contributed by atoms with Crippen molar-refractivity contribution in [2.24, 2.45) is 0 Å². The van der Waals surface area contributed by atoms with Crippen LogP contribution in [-0.2, 0) is 12.8 Å². The predicted molar refractivity (Wildman–Crippen MR) is 118 cm³/mol. The van der Waals surface area contributed by atoms with E-state index in [0.29, 0.717) is 5.82 Å². The van der Waals surface area contributed by atoms with Crippen LogP contribution in [0, 0.1) is 6.92 Å². The van der Waals surface area contributed by atoms with E-state index in [4.69, 9.17) is 5.73 Å². The van der Waals surface area contributed by atoms with Crippen molar-refractivity contribution in [3.63, 3.8) is 0 Å². The van der Waals surface area contributed by atoms with Gasteiger partial charge in [0.25, 0.3) is 0 Å². The lowest BCUT2D eigenvalue weighted by Gasteiger charge is -2.10. The second-order valence-electron chi connectivity index (χ2n) is 7.40. The summed E-state index contributed by atoms with van der Waals surface area (Å²) in [5.41, 5.74) is 11.7. The largest absolute Gasteiger partial charge is 0.382 e. The molecule has 0 atom stereocenters. The number of nitrogens with zero attached hydrogens (tertiary/aromatic N) is 2. The number of anilines is 1. The highest BCUT2D eigenvalue weighted by atomic mass is 14.9. The molecule has 0 radical (unpaired) electrons. The summed E-state index contributed by atoms with van der Waals surface area (Å²) in [6.45, 7) is 2.07. The molecule has 3 heteroatoms. The zero-order valence-electron chi connectivity index (χ0n) is 15.8. The molecule has 136 valence electrons. The van der Waals surface area contributed by atoms with E-state index in [1.54, 1.807) is 0 Å². The Morgan fingerprint density at radius 3 is 2.61 bits per heavy atom. The third kappa shape index (κ3) is 2.85. The number of hydrogen-bond donors (Lipinski definition) is 1. The van der Waals surface area contributed by atoms with Crippen LogP contribution in [0.25, 0.3) is 32.6 Å². The number of hydrogen-bond acceptors (Lipinski definition) is 3. The molecule has 2 heterocycles. The lowest BCUT2D eigenvalue weighted by atomic mass is 9.98. The first-order valence-electron chi connectivity index (χ1n) is 9.60. The van der Waals surface area contributed by atoms with Gasteiger partial charge in [0.2, 0.25) is 0 Å². The van der Waals surface area contributed by atoms with Gasteiger partial charge < -0.3 is 5.73 Å². The van der Waals surface area contributed by atoms with Gasteiger partial charge in [-0.05, 0) is 59.4 Å². The Bertz CT molecular complexity index is 1330. The van der Waals surface area contributed by atoms with Crippen molar-refractivity contribution in [3.05, 3.63) is 89.6 Å². The summed E-state index contributed by atoms with van der Waals surface area (Å²) in [7, 11) is 0. The van der Waals surface area contributed by atoms with Crippen LogP contribution >= 0.6 is 0 Å². The summed E-state index contributed by atoms with van der Waals surface area (Å²) >= 11 is 0. The van der Waals surface area contributed by atoms with E-state index in [-0.39, 0.29) is 0 Å². The molecule has 0 spiro atoms. The molecule has 0 amide bonds. The maximum Gasteiger partial charge on any atom is 0.150 e. The van der Waals surface area contributed by atoms with Crippen molar-refractivity contribution in [3.8, 4) is 0 Å². The van der Waals surface area contributed by atoms with E-state index in [2.05, 4.69) is 83.6 Å². The van der Waals surface area contributed by atoms with Crippen molar-refractivity contribution >= 4 is 38.4 Å². The van der Waals surface area contributed by atoms with Crippen LogP contribution in [0.2, 0.25) is 0 Å². The molecule has 0 aliphatic heterocycles. The number of fused-ring (bicyclic) bond motifs is 4. The molecular formula is C25H21N3. The molecule has 0 saturated heterocycles. The number of aromatic nitrogens is 2. The molecule has 3 aromatic carbocycles. The standard InChI is InChI=1S/C25H21N3/c1-16-9-12-21-22-14-17(15-27-24(22)25(26)28-23(21)13-16)10-11-19-7-4-6-18-5-2-3-8-20(18)19/h2-9,12-15H,10-11H2,1H3,(H2,26,28). The Balaban J connectivity index is 1.55. The van der Waals surface area contributed by atoms with Gasteiger partial charge in [0, 0.05) is 17.0 Å². The Kier molecular flexibility index (Phi) is 3.94. The van der Waals surface area contributed by atoms with Gasteiger partial charge >= 0.3 is 0 Å². The van der Waals surface area contributed by atoms with Crippen LogP contribution in [-0.4, -0.2) is 9.97 Å². The highest BCUT2D eigenvalue weighted by Crippen LogP contribution is 2.28. The van der Waals surface area contributed by atoms with E-state index < -0.39 is 0 Å². The van der Waals surface area contributed by atoms with Crippen molar-refractivity contribution in [2.75, 3.05) is 5.73 Å². The number of nitrogens with two attached hydrogens (primary N) is 1. The van der Waals surface area contributed by atoms with E-state index in [1.807, 2.05) is 6.20 Å². The molecule has 0 bridgehead atoms. The first kappa shape index (κ1) is 16.7. The average molecular weight is 363 g/mol. The molecule has 2 aromatic heterocycles. The van der Waals surface area contributed by atoms with Gasteiger partial charge in [0.05, 0.1) is 5.52 Å². The first-order valence-corrected chi connectivity index (χ1v) is 9.60. The third-order valence-corrected chi connectivity index (χ3v) is 5.43.